The smallest absolute Gasteiger partial charge is 0.335 e. The number of methoxy groups -OCH3 is 2. The second-order valence-electron chi connectivity index (χ2n) is 6.70. The molecule has 8 heteroatoms. The molecule has 0 unspecified atom stereocenters. The van der Waals surface area contributed by atoms with Crippen molar-refractivity contribution in [3.63, 3.8) is 0 Å². The monoisotopic (exact) mass is 409 g/mol. The van der Waals surface area contributed by atoms with E-state index < -0.39 is 17.1 Å². The quantitative estimate of drug-likeness (QED) is 0.609. The fraction of sp³-hybridized carbons (Fsp3) is 0.227. The van der Waals surface area contributed by atoms with Gasteiger partial charge in [0.15, 0.2) is 0 Å². The summed E-state index contributed by atoms with van der Waals surface area (Å²) in [5, 5.41) is 10.8. The average Bonchev–Trinajstić information content (AvgIpc) is 2.73. The lowest BCUT2D eigenvalue weighted by Gasteiger charge is -2.13. The lowest BCUT2D eigenvalue weighted by atomic mass is 10.1. The van der Waals surface area contributed by atoms with Gasteiger partial charge in [-0.15, -0.1) is 0 Å². The van der Waals surface area contributed by atoms with Crippen molar-refractivity contribution in [2.45, 2.75) is 20.4 Å². The molecule has 0 aliphatic heterocycles. The predicted octanol–water partition coefficient (Wildman–Crippen LogP) is 2.57. The van der Waals surface area contributed by atoms with Crippen molar-refractivity contribution in [1.29, 1.82) is 0 Å². The van der Waals surface area contributed by atoms with E-state index in [9.17, 15) is 14.7 Å². The van der Waals surface area contributed by atoms with Crippen LogP contribution in [0.1, 0.15) is 23.6 Å². The number of aromatic nitrogens is 2. The van der Waals surface area contributed by atoms with Crippen molar-refractivity contribution in [2.24, 2.45) is 4.99 Å². The zero-order valence-electron chi connectivity index (χ0n) is 17.2. The molecule has 0 spiro atoms. The normalized spacial score (nSPS) is 11.4. The first-order valence-electron chi connectivity index (χ1n) is 9.23. The third kappa shape index (κ3) is 4.12. The zero-order chi connectivity index (χ0) is 21.8. The van der Waals surface area contributed by atoms with E-state index in [-0.39, 0.29) is 17.8 Å². The van der Waals surface area contributed by atoms with Crippen molar-refractivity contribution in [1.82, 2.24) is 9.55 Å². The second-order valence-corrected chi connectivity index (χ2v) is 6.70. The molecule has 3 rings (SSSR count). The molecule has 2 N–H and O–H groups in total. The SMILES string of the molecule is COc1cc(CN=C(C)c2c(O)n(-c3ccccc3C)c(=O)[nH]c2=O)cc(OC)c1. The van der Waals surface area contributed by atoms with Crippen LogP contribution in [0.15, 0.2) is 57.0 Å². The van der Waals surface area contributed by atoms with Crippen LogP contribution in [0.4, 0.5) is 0 Å². The Morgan fingerprint density at radius 2 is 1.73 bits per heavy atom. The molecule has 30 heavy (non-hydrogen) atoms. The Morgan fingerprint density at radius 3 is 2.33 bits per heavy atom. The Kier molecular flexibility index (Phi) is 6.06. The standard InChI is InChI=1S/C22H23N3O5/c1-13-7-5-6-8-18(13)25-21(27)19(20(26)24-22(25)28)14(2)23-12-15-9-16(29-3)11-17(10-15)30-4/h5-11,27H,12H2,1-4H3,(H,24,26,28). The Balaban J connectivity index is 2.06. The number of hydrogen-bond acceptors (Lipinski definition) is 6. The summed E-state index contributed by atoms with van der Waals surface area (Å²) in [6.07, 6.45) is 0. The Morgan fingerprint density at radius 1 is 1.10 bits per heavy atom. The number of benzene rings is 2. The molecule has 0 radical (unpaired) electrons. The summed E-state index contributed by atoms with van der Waals surface area (Å²) in [5.41, 5.74) is 0.848. The molecule has 0 aliphatic rings. The first-order valence-corrected chi connectivity index (χ1v) is 9.23. The Labute approximate surface area is 173 Å². The molecule has 0 amide bonds. The maximum Gasteiger partial charge on any atom is 0.335 e. The highest BCUT2D eigenvalue weighted by Crippen LogP contribution is 2.24. The number of ether oxygens (including phenoxy) is 2. The molecule has 0 atom stereocenters. The lowest BCUT2D eigenvalue weighted by molar-refractivity contribution is 0.393. The molecule has 0 bridgehead atoms. The zero-order valence-corrected chi connectivity index (χ0v) is 17.2. The van der Waals surface area contributed by atoms with Crippen molar-refractivity contribution in [2.75, 3.05) is 14.2 Å². The molecular formula is C22H23N3O5. The van der Waals surface area contributed by atoms with Crippen LogP contribution in [0.3, 0.4) is 0 Å². The van der Waals surface area contributed by atoms with E-state index in [2.05, 4.69) is 9.98 Å². The number of aromatic amines is 1. The molecule has 0 saturated carbocycles. The van der Waals surface area contributed by atoms with Crippen LogP contribution in [-0.2, 0) is 6.54 Å². The first kappa shape index (κ1) is 20.9. The van der Waals surface area contributed by atoms with E-state index in [1.165, 1.54) is 0 Å². The van der Waals surface area contributed by atoms with Crippen molar-refractivity contribution in [3.05, 3.63) is 80.0 Å². The van der Waals surface area contributed by atoms with E-state index in [1.807, 2.05) is 19.1 Å². The van der Waals surface area contributed by atoms with Gasteiger partial charge in [0.2, 0.25) is 5.88 Å². The molecule has 2 aromatic carbocycles. The predicted molar refractivity (Wildman–Crippen MR) is 115 cm³/mol. The summed E-state index contributed by atoms with van der Waals surface area (Å²) < 4.78 is 11.6. The second kappa shape index (κ2) is 8.69. The van der Waals surface area contributed by atoms with Crippen LogP contribution in [0, 0.1) is 6.92 Å². The van der Waals surface area contributed by atoms with Gasteiger partial charge in [-0.3, -0.25) is 14.8 Å². The Bertz CT molecular complexity index is 1200. The molecule has 0 saturated heterocycles. The number of para-hydroxylation sites is 1. The highest BCUT2D eigenvalue weighted by Gasteiger charge is 2.18. The highest BCUT2D eigenvalue weighted by molar-refractivity contribution is 6.00. The van der Waals surface area contributed by atoms with Crippen molar-refractivity contribution >= 4 is 5.71 Å². The van der Waals surface area contributed by atoms with E-state index in [4.69, 9.17) is 9.47 Å². The van der Waals surface area contributed by atoms with Crippen LogP contribution < -0.4 is 20.7 Å². The number of H-pyrrole nitrogens is 1. The van der Waals surface area contributed by atoms with Crippen LogP contribution in [0.2, 0.25) is 0 Å². The van der Waals surface area contributed by atoms with Gasteiger partial charge in [0.1, 0.15) is 17.1 Å². The third-order valence-electron chi connectivity index (χ3n) is 4.71. The number of aromatic hydroxyl groups is 1. The van der Waals surface area contributed by atoms with Crippen LogP contribution >= 0.6 is 0 Å². The fourth-order valence-electron chi connectivity index (χ4n) is 3.14. The lowest BCUT2D eigenvalue weighted by Crippen LogP contribution is -2.33. The van der Waals surface area contributed by atoms with Gasteiger partial charge in [0.05, 0.1) is 32.2 Å². The molecule has 1 heterocycles. The maximum atomic E-state index is 12.4. The van der Waals surface area contributed by atoms with Gasteiger partial charge in [0.25, 0.3) is 5.56 Å². The minimum Gasteiger partial charge on any atom is -0.497 e. The summed E-state index contributed by atoms with van der Waals surface area (Å²) in [4.78, 5) is 31.5. The number of aliphatic imine (C=N–C) groups is 1. The van der Waals surface area contributed by atoms with Crippen LogP contribution in [-0.4, -0.2) is 34.6 Å². The first-order chi connectivity index (χ1) is 14.3. The summed E-state index contributed by atoms with van der Waals surface area (Å²) in [6, 6.07) is 12.4. The van der Waals surface area contributed by atoms with E-state index in [0.29, 0.717) is 17.2 Å². The Hall–Kier alpha value is -3.81. The molecule has 8 nitrogen and oxygen atoms in total. The summed E-state index contributed by atoms with van der Waals surface area (Å²) in [6.45, 7) is 3.64. The molecule has 156 valence electrons. The van der Waals surface area contributed by atoms with Gasteiger partial charge in [-0.05, 0) is 43.2 Å². The van der Waals surface area contributed by atoms with Crippen LogP contribution in [0.25, 0.3) is 5.69 Å². The fourth-order valence-corrected chi connectivity index (χ4v) is 3.14. The van der Waals surface area contributed by atoms with Gasteiger partial charge >= 0.3 is 5.69 Å². The molecule has 0 aliphatic carbocycles. The number of aryl methyl sites for hydroxylation is 1. The highest BCUT2D eigenvalue weighted by atomic mass is 16.5. The number of nitrogens with one attached hydrogen (secondary N) is 1. The van der Waals surface area contributed by atoms with E-state index in [1.54, 1.807) is 51.5 Å². The largest absolute Gasteiger partial charge is 0.497 e. The van der Waals surface area contributed by atoms with E-state index >= 15 is 0 Å². The van der Waals surface area contributed by atoms with E-state index in [0.717, 1.165) is 15.7 Å². The summed E-state index contributed by atoms with van der Waals surface area (Å²) in [7, 11) is 3.11. The van der Waals surface area contributed by atoms with Gasteiger partial charge in [0, 0.05) is 6.07 Å². The maximum absolute atomic E-state index is 12.4. The average molecular weight is 409 g/mol. The number of nitrogens with zero attached hydrogens (tertiary/aromatic N) is 2. The minimum atomic E-state index is -0.721. The van der Waals surface area contributed by atoms with Crippen molar-refractivity contribution in [3.8, 4) is 23.1 Å². The van der Waals surface area contributed by atoms with Gasteiger partial charge in [-0.25, -0.2) is 9.36 Å². The third-order valence-corrected chi connectivity index (χ3v) is 4.71. The topological polar surface area (TPSA) is 106 Å². The van der Waals surface area contributed by atoms with Gasteiger partial charge in [-0.2, -0.15) is 0 Å². The number of hydrogen-bond donors (Lipinski definition) is 2. The van der Waals surface area contributed by atoms with Gasteiger partial charge in [-0.1, -0.05) is 18.2 Å². The minimum absolute atomic E-state index is 0.0623. The van der Waals surface area contributed by atoms with Crippen LogP contribution in [0.5, 0.6) is 17.4 Å². The molecule has 1 aromatic heterocycles. The molecular weight excluding hydrogens is 386 g/mol. The number of rotatable bonds is 6. The van der Waals surface area contributed by atoms with Gasteiger partial charge < -0.3 is 14.6 Å². The molecule has 0 fully saturated rings. The van der Waals surface area contributed by atoms with Crippen molar-refractivity contribution < 1.29 is 14.6 Å². The summed E-state index contributed by atoms with van der Waals surface area (Å²) in [5.74, 6) is 0.777. The molecule has 3 aromatic rings. The summed E-state index contributed by atoms with van der Waals surface area (Å²) >= 11 is 0.